The lowest BCUT2D eigenvalue weighted by molar-refractivity contribution is -0.246. The summed E-state index contributed by atoms with van der Waals surface area (Å²) in [7, 11) is 0. The summed E-state index contributed by atoms with van der Waals surface area (Å²) < 4.78 is 21.9. The Morgan fingerprint density at radius 2 is 1.50 bits per heavy atom. The van der Waals surface area contributed by atoms with Crippen molar-refractivity contribution in [3.05, 3.63) is 36.2 Å². The van der Waals surface area contributed by atoms with Gasteiger partial charge in [0.25, 0.3) is 11.8 Å². The van der Waals surface area contributed by atoms with E-state index in [0.29, 0.717) is 24.0 Å². The maximum Gasteiger partial charge on any atom is 0.303 e. The van der Waals surface area contributed by atoms with E-state index >= 15 is 0 Å². The molecule has 0 radical (unpaired) electrons. The van der Waals surface area contributed by atoms with Gasteiger partial charge in [-0.15, -0.1) is 0 Å². The lowest BCUT2D eigenvalue weighted by Crippen LogP contribution is -2.68. The Morgan fingerprint density at radius 1 is 0.895 bits per heavy atom. The monoisotopic (exact) mass is 530 g/mol. The number of hydrogen-bond acceptors (Lipinski definition) is 11. The highest BCUT2D eigenvalue weighted by atomic mass is 16.7. The molecule has 3 rings (SSSR count). The molecule has 1 aromatic carbocycles. The normalized spacial score (nSPS) is 22.7. The maximum atomic E-state index is 13.1. The Bertz CT molecular complexity index is 1200. The largest absolute Gasteiger partial charge is 0.455 e. The summed E-state index contributed by atoms with van der Waals surface area (Å²) in [5.41, 5.74) is 0.949. The molecule has 2 heterocycles. The van der Waals surface area contributed by atoms with Gasteiger partial charge in [0.15, 0.2) is 30.6 Å². The van der Waals surface area contributed by atoms with Crippen molar-refractivity contribution >= 4 is 40.8 Å². The molecule has 2 N–H and O–H groups in total. The molecule has 1 aromatic heterocycles. The van der Waals surface area contributed by atoms with E-state index < -0.39 is 60.4 Å². The van der Waals surface area contributed by atoms with E-state index in [0.717, 1.165) is 27.2 Å². The molecule has 0 aliphatic carbocycles. The molecule has 1 aliphatic heterocycles. The number of aromatic nitrogens is 2. The number of nitrogens with one attached hydrogen (secondary N) is 2. The van der Waals surface area contributed by atoms with E-state index in [1.807, 2.05) is 6.92 Å². The van der Waals surface area contributed by atoms with Gasteiger partial charge in [0, 0.05) is 27.3 Å². The van der Waals surface area contributed by atoms with Crippen LogP contribution in [0.4, 0.5) is 0 Å². The van der Waals surface area contributed by atoms with E-state index in [-0.39, 0.29) is 5.69 Å². The molecule has 2 aromatic rings. The molecule has 1 aliphatic rings. The van der Waals surface area contributed by atoms with Crippen LogP contribution in [0.1, 0.15) is 51.0 Å². The van der Waals surface area contributed by atoms with E-state index in [9.17, 15) is 24.0 Å². The number of esters is 3. The molecule has 1 fully saturated rings. The molecule has 2 amide bonds. The number of nitrogens with zero attached hydrogens (tertiary/aromatic N) is 2. The van der Waals surface area contributed by atoms with E-state index in [4.69, 9.17) is 18.9 Å². The quantitative estimate of drug-likeness (QED) is 0.267. The predicted molar refractivity (Wildman–Crippen MR) is 130 cm³/mol. The number of carbonyl (C=O) groups is 5. The highest BCUT2D eigenvalue weighted by Gasteiger charge is 2.54. The molecule has 1 saturated heterocycles. The summed E-state index contributed by atoms with van der Waals surface area (Å²) in [5, 5.41) is 5.21. The first-order valence-electron chi connectivity index (χ1n) is 12.1. The van der Waals surface area contributed by atoms with Gasteiger partial charge in [-0.3, -0.25) is 29.0 Å². The minimum Gasteiger partial charge on any atom is -0.455 e. The summed E-state index contributed by atoms with van der Waals surface area (Å²) in [6, 6.07) is 6.91. The lowest BCUT2D eigenvalue weighted by Gasteiger charge is -2.44. The van der Waals surface area contributed by atoms with E-state index in [1.54, 1.807) is 24.3 Å². The third-order valence-corrected chi connectivity index (χ3v) is 5.49. The lowest BCUT2D eigenvalue weighted by atomic mass is 9.96. The zero-order valence-electron chi connectivity index (χ0n) is 21.5. The molecule has 13 nitrogen and oxygen atoms in total. The van der Waals surface area contributed by atoms with Crippen molar-refractivity contribution in [3.63, 3.8) is 0 Å². The van der Waals surface area contributed by atoms with E-state index in [1.165, 1.54) is 6.20 Å². The van der Waals surface area contributed by atoms with Gasteiger partial charge < -0.3 is 29.6 Å². The predicted octanol–water partition coefficient (Wildman–Crippen LogP) is 0.796. The number of ether oxygens (including phenoxy) is 4. The van der Waals surface area contributed by atoms with Crippen molar-refractivity contribution in [3.8, 4) is 0 Å². The second-order valence-electron chi connectivity index (χ2n) is 8.56. The van der Waals surface area contributed by atoms with Crippen LogP contribution < -0.4 is 10.6 Å². The average molecular weight is 531 g/mol. The number of para-hydroxylation sites is 2. The van der Waals surface area contributed by atoms with Crippen LogP contribution in [0.5, 0.6) is 0 Å². The first-order chi connectivity index (χ1) is 18.1. The minimum atomic E-state index is -1.51. The number of hydrogen-bond donors (Lipinski definition) is 2. The number of rotatable bonds is 9. The summed E-state index contributed by atoms with van der Waals surface area (Å²) in [4.78, 5) is 70.6. The first kappa shape index (κ1) is 28.4. The minimum absolute atomic E-state index is 0.0797. The third-order valence-electron chi connectivity index (χ3n) is 5.49. The van der Waals surface area contributed by atoms with Crippen LogP contribution in [0.15, 0.2) is 30.5 Å². The molecule has 204 valence electrons. The standard InChI is InChI=1S/C25H30N4O9/c1-5-6-11-26-24(34)21-19(35-13(2)30)20(36-14(3)31)22(37-15(4)32)25(38-21)29-23(33)18-12-27-16-9-7-8-10-17(16)28-18/h7-10,12,19-22,25H,5-6,11H2,1-4H3,(H,26,34)(H,29,33). The molecular weight excluding hydrogens is 500 g/mol. The van der Waals surface area contributed by atoms with Crippen molar-refractivity contribution in [1.82, 2.24) is 20.6 Å². The highest BCUT2D eigenvalue weighted by molar-refractivity contribution is 5.94. The molecule has 5 unspecified atom stereocenters. The maximum absolute atomic E-state index is 13.1. The van der Waals surface area contributed by atoms with Gasteiger partial charge in [-0.05, 0) is 18.6 Å². The van der Waals surface area contributed by atoms with Crippen LogP contribution in [0.25, 0.3) is 11.0 Å². The Balaban J connectivity index is 1.98. The fourth-order valence-electron chi connectivity index (χ4n) is 3.90. The SMILES string of the molecule is CCCCNC(=O)C1OC(NC(=O)c2cnc3ccccc3n2)C(OC(C)=O)C(OC(C)=O)C1OC(C)=O. The van der Waals surface area contributed by atoms with Crippen molar-refractivity contribution in [2.45, 2.75) is 71.2 Å². The number of amides is 2. The summed E-state index contributed by atoms with van der Waals surface area (Å²) in [6.45, 7) is 5.54. The van der Waals surface area contributed by atoms with Gasteiger partial charge in [-0.1, -0.05) is 25.5 Å². The topological polar surface area (TPSA) is 172 Å². The highest BCUT2D eigenvalue weighted by Crippen LogP contribution is 2.28. The first-order valence-corrected chi connectivity index (χ1v) is 12.1. The fraction of sp³-hybridized carbons (Fsp3) is 0.480. The smallest absolute Gasteiger partial charge is 0.303 e. The molecule has 0 bridgehead atoms. The molecule has 0 spiro atoms. The van der Waals surface area contributed by atoms with Crippen LogP contribution in [0.3, 0.4) is 0 Å². The van der Waals surface area contributed by atoms with Gasteiger partial charge in [-0.25, -0.2) is 4.98 Å². The number of fused-ring (bicyclic) bond motifs is 1. The zero-order chi connectivity index (χ0) is 27.8. The fourth-order valence-corrected chi connectivity index (χ4v) is 3.90. The van der Waals surface area contributed by atoms with Gasteiger partial charge in [0.1, 0.15) is 5.69 Å². The number of benzene rings is 1. The van der Waals surface area contributed by atoms with Crippen LogP contribution in [0.2, 0.25) is 0 Å². The number of carbonyl (C=O) groups excluding carboxylic acids is 5. The molecular formula is C25H30N4O9. The van der Waals surface area contributed by atoms with E-state index in [2.05, 4.69) is 20.6 Å². The average Bonchev–Trinajstić information content (AvgIpc) is 2.86. The zero-order valence-corrected chi connectivity index (χ0v) is 21.5. The second kappa shape index (κ2) is 12.9. The summed E-state index contributed by atoms with van der Waals surface area (Å²) in [5.74, 6) is -3.83. The summed E-state index contributed by atoms with van der Waals surface area (Å²) >= 11 is 0. The Labute approximate surface area is 218 Å². The van der Waals surface area contributed by atoms with Crippen molar-refractivity contribution < 1.29 is 42.9 Å². The molecule has 38 heavy (non-hydrogen) atoms. The van der Waals surface area contributed by atoms with Crippen molar-refractivity contribution in [1.29, 1.82) is 0 Å². The molecule has 0 saturated carbocycles. The van der Waals surface area contributed by atoms with Crippen molar-refractivity contribution in [2.75, 3.05) is 6.54 Å². The number of unbranched alkanes of at least 4 members (excludes halogenated alkanes) is 1. The van der Waals surface area contributed by atoms with Gasteiger partial charge in [0.2, 0.25) is 0 Å². The third kappa shape index (κ3) is 7.22. The van der Waals surface area contributed by atoms with Crippen LogP contribution >= 0.6 is 0 Å². The van der Waals surface area contributed by atoms with Crippen LogP contribution in [-0.4, -0.2) is 76.9 Å². The molecule has 13 heteroatoms. The molecule has 5 atom stereocenters. The van der Waals surface area contributed by atoms with Crippen LogP contribution in [-0.2, 0) is 38.1 Å². The summed E-state index contributed by atoms with van der Waals surface area (Å²) in [6.07, 6.45) is -4.71. The second-order valence-corrected chi connectivity index (χ2v) is 8.56. The van der Waals surface area contributed by atoms with Gasteiger partial charge >= 0.3 is 17.9 Å². The Hall–Kier alpha value is -4.13. The van der Waals surface area contributed by atoms with Crippen molar-refractivity contribution in [2.24, 2.45) is 0 Å². The van der Waals surface area contributed by atoms with Gasteiger partial charge in [0.05, 0.1) is 17.2 Å². The van der Waals surface area contributed by atoms with Crippen LogP contribution in [0, 0.1) is 0 Å². The Kier molecular flexibility index (Phi) is 9.66. The van der Waals surface area contributed by atoms with Gasteiger partial charge in [-0.2, -0.15) is 0 Å². The Morgan fingerprint density at radius 3 is 2.13 bits per heavy atom.